The number of amides is 1. The summed E-state index contributed by atoms with van der Waals surface area (Å²) in [5.41, 5.74) is 5.57. The van der Waals surface area contributed by atoms with Gasteiger partial charge in [0.15, 0.2) is 0 Å². The summed E-state index contributed by atoms with van der Waals surface area (Å²) in [5.74, 6) is 0.0402. The SMILES string of the molecule is CC(N)C(=O)N(C)CCC1CCCCN1C. The molecule has 2 N–H and O–H groups in total. The fraction of sp³-hybridized carbons (Fsp3) is 0.917. The quantitative estimate of drug-likeness (QED) is 0.768. The van der Waals surface area contributed by atoms with Crippen LogP contribution in [0.25, 0.3) is 0 Å². The van der Waals surface area contributed by atoms with Gasteiger partial charge in [-0.3, -0.25) is 4.79 Å². The lowest BCUT2D eigenvalue weighted by molar-refractivity contribution is -0.131. The zero-order chi connectivity index (χ0) is 12.1. The Hall–Kier alpha value is -0.610. The third-order valence-corrected chi connectivity index (χ3v) is 3.48. The number of piperidine rings is 1. The van der Waals surface area contributed by atoms with E-state index in [0.717, 1.165) is 13.0 Å². The van der Waals surface area contributed by atoms with Crippen LogP contribution in [0.5, 0.6) is 0 Å². The minimum absolute atomic E-state index is 0.0402. The summed E-state index contributed by atoms with van der Waals surface area (Å²) >= 11 is 0. The van der Waals surface area contributed by atoms with E-state index in [1.165, 1.54) is 25.8 Å². The van der Waals surface area contributed by atoms with Crippen molar-refractivity contribution in [1.29, 1.82) is 0 Å². The Balaban J connectivity index is 2.30. The number of hydrogen-bond donors (Lipinski definition) is 1. The molecule has 1 amide bonds. The van der Waals surface area contributed by atoms with Crippen LogP contribution in [0, 0.1) is 0 Å². The molecule has 0 aliphatic carbocycles. The van der Waals surface area contributed by atoms with E-state index < -0.39 is 0 Å². The minimum Gasteiger partial charge on any atom is -0.344 e. The molecule has 0 aromatic rings. The summed E-state index contributed by atoms with van der Waals surface area (Å²) in [6.07, 6.45) is 4.95. The lowest BCUT2D eigenvalue weighted by Gasteiger charge is -2.33. The second kappa shape index (κ2) is 6.21. The summed E-state index contributed by atoms with van der Waals surface area (Å²) in [6, 6.07) is 0.256. The molecule has 1 rings (SSSR count). The van der Waals surface area contributed by atoms with Crippen molar-refractivity contribution in [3.8, 4) is 0 Å². The lowest BCUT2D eigenvalue weighted by Crippen LogP contribution is -2.43. The van der Waals surface area contributed by atoms with E-state index in [2.05, 4.69) is 11.9 Å². The predicted octanol–water partition coefficient (Wildman–Crippen LogP) is 0.666. The molecule has 1 aliphatic rings. The van der Waals surface area contributed by atoms with Crippen molar-refractivity contribution in [1.82, 2.24) is 9.80 Å². The summed E-state index contributed by atoms with van der Waals surface area (Å²) in [7, 11) is 4.02. The molecule has 4 nitrogen and oxygen atoms in total. The van der Waals surface area contributed by atoms with E-state index in [1.807, 2.05) is 7.05 Å². The van der Waals surface area contributed by atoms with Crippen molar-refractivity contribution in [3.63, 3.8) is 0 Å². The molecule has 0 spiro atoms. The highest BCUT2D eigenvalue weighted by Gasteiger charge is 2.20. The third kappa shape index (κ3) is 3.76. The average molecular weight is 227 g/mol. The van der Waals surface area contributed by atoms with Gasteiger partial charge >= 0.3 is 0 Å². The van der Waals surface area contributed by atoms with Crippen molar-refractivity contribution < 1.29 is 4.79 Å². The molecule has 1 aliphatic heterocycles. The van der Waals surface area contributed by atoms with Gasteiger partial charge in [-0.2, -0.15) is 0 Å². The molecule has 4 heteroatoms. The Morgan fingerprint density at radius 3 is 2.81 bits per heavy atom. The van der Waals surface area contributed by atoms with Crippen LogP contribution >= 0.6 is 0 Å². The van der Waals surface area contributed by atoms with Crippen LogP contribution in [0.3, 0.4) is 0 Å². The lowest BCUT2D eigenvalue weighted by atomic mass is 10.00. The Morgan fingerprint density at radius 2 is 2.25 bits per heavy atom. The van der Waals surface area contributed by atoms with Gasteiger partial charge in [-0.1, -0.05) is 6.42 Å². The molecule has 1 heterocycles. The van der Waals surface area contributed by atoms with Gasteiger partial charge in [0, 0.05) is 19.6 Å². The highest BCUT2D eigenvalue weighted by atomic mass is 16.2. The number of likely N-dealkylation sites (N-methyl/N-ethyl adjacent to an activating group) is 1. The Morgan fingerprint density at radius 1 is 1.56 bits per heavy atom. The van der Waals surface area contributed by atoms with Crippen LogP contribution in [0.2, 0.25) is 0 Å². The number of nitrogens with two attached hydrogens (primary N) is 1. The monoisotopic (exact) mass is 227 g/mol. The van der Waals surface area contributed by atoms with Crippen LogP contribution in [-0.4, -0.2) is 55.0 Å². The maximum absolute atomic E-state index is 11.6. The number of carbonyl (C=O) groups is 1. The Bertz CT molecular complexity index is 230. The van der Waals surface area contributed by atoms with Gasteiger partial charge in [0.1, 0.15) is 0 Å². The van der Waals surface area contributed by atoms with Gasteiger partial charge in [0.2, 0.25) is 5.91 Å². The third-order valence-electron chi connectivity index (χ3n) is 3.48. The molecule has 0 bridgehead atoms. The normalized spacial score (nSPS) is 24.1. The van der Waals surface area contributed by atoms with Gasteiger partial charge in [0.05, 0.1) is 6.04 Å². The fourth-order valence-electron chi connectivity index (χ4n) is 2.31. The van der Waals surface area contributed by atoms with E-state index in [-0.39, 0.29) is 11.9 Å². The average Bonchev–Trinajstić information content (AvgIpc) is 2.26. The molecular weight excluding hydrogens is 202 g/mol. The van der Waals surface area contributed by atoms with Gasteiger partial charge < -0.3 is 15.5 Å². The summed E-state index contributed by atoms with van der Waals surface area (Å²) in [4.78, 5) is 15.8. The number of hydrogen-bond acceptors (Lipinski definition) is 3. The van der Waals surface area contributed by atoms with Gasteiger partial charge in [-0.25, -0.2) is 0 Å². The first-order valence-electron chi connectivity index (χ1n) is 6.23. The highest BCUT2D eigenvalue weighted by Crippen LogP contribution is 2.17. The van der Waals surface area contributed by atoms with E-state index in [0.29, 0.717) is 6.04 Å². The molecule has 16 heavy (non-hydrogen) atoms. The number of rotatable bonds is 4. The van der Waals surface area contributed by atoms with Gasteiger partial charge in [-0.15, -0.1) is 0 Å². The first-order valence-corrected chi connectivity index (χ1v) is 6.23. The summed E-state index contributed by atoms with van der Waals surface area (Å²) in [6.45, 7) is 3.75. The van der Waals surface area contributed by atoms with E-state index in [4.69, 9.17) is 5.73 Å². The predicted molar refractivity (Wildman–Crippen MR) is 66.2 cm³/mol. The molecule has 94 valence electrons. The maximum Gasteiger partial charge on any atom is 0.238 e. The standard InChI is InChI=1S/C12H25N3O/c1-10(13)12(16)15(3)9-7-11-6-4-5-8-14(11)2/h10-11H,4-9,13H2,1-3H3. The Labute approximate surface area is 98.8 Å². The zero-order valence-electron chi connectivity index (χ0n) is 10.8. The van der Waals surface area contributed by atoms with Crippen LogP contribution in [0.4, 0.5) is 0 Å². The van der Waals surface area contributed by atoms with E-state index in [1.54, 1.807) is 11.8 Å². The van der Waals surface area contributed by atoms with E-state index in [9.17, 15) is 4.79 Å². The van der Waals surface area contributed by atoms with Crippen molar-refractivity contribution in [3.05, 3.63) is 0 Å². The fourth-order valence-corrected chi connectivity index (χ4v) is 2.31. The Kier molecular flexibility index (Phi) is 5.22. The van der Waals surface area contributed by atoms with Gasteiger partial charge in [-0.05, 0) is 39.8 Å². The second-order valence-electron chi connectivity index (χ2n) is 4.97. The molecular formula is C12H25N3O. The number of nitrogens with zero attached hydrogens (tertiary/aromatic N) is 2. The highest BCUT2D eigenvalue weighted by molar-refractivity contribution is 5.80. The largest absolute Gasteiger partial charge is 0.344 e. The molecule has 1 saturated heterocycles. The molecule has 0 aromatic carbocycles. The summed E-state index contributed by atoms with van der Waals surface area (Å²) < 4.78 is 0. The maximum atomic E-state index is 11.6. The first kappa shape index (κ1) is 13.5. The van der Waals surface area contributed by atoms with Crippen LogP contribution < -0.4 is 5.73 Å². The number of likely N-dealkylation sites (tertiary alicyclic amines) is 1. The van der Waals surface area contributed by atoms with Crippen LogP contribution in [0.1, 0.15) is 32.6 Å². The molecule has 2 atom stereocenters. The topological polar surface area (TPSA) is 49.6 Å². The van der Waals surface area contributed by atoms with Crippen molar-refractivity contribution in [2.45, 2.75) is 44.7 Å². The number of carbonyl (C=O) groups excluding carboxylic acids is 1. The van der Waals surface area contributed by atoms with Crippen LogP contribution in [0.15, 0.2) is 0 Å². The van der Waals surface area contributed by atoms with E-state index >= 15 is 0 Å². The molecule has 1 fully saturated rings. The van der Waals surface area contributed by atoms with Crippen molar-refractivity contribution in [2.75, 3.05) is 27.2 Å². The first-order chi connectivity index (χ1) is 7.52. The second-order valence-corrected chi connectivity index (χ2v) is 4.97. The molecule has 0 radical (unpaired) electrons. The summed E-state index contributed by atoms with van der Waals surface area (Å²) in [5, 5.41) is 0. The minimum atomic E-state index is -0.380. The van der Waals surface area contributed by atoms with Gasteiger partial charge in [0.25, 0.3) is 0 Å². The molecule has 2 unspecified atom stereocenters. The molecule has 0 saturated carbocycles. The molecule has 0 aromatic heterocycles. The zero-order valence-corrected chi connectivity index (χ0v) is 10.8. The van der Waals surface area contributed by atoms with Crippen molar-refractivity contribution in [2.24, 2.45) is 5.73 Å². The van der Waals surface area contributed by atoms with Crippen LogP contribution in [-0.2, 0) is 4.79 Å². The smallest absolute Gasteiger partial charge is 0.238 e. The van der Waals surface area contributed by atoms with Crippen molar-refractivity contribution >= 4 is 5.91 Å².